The van der Waals surface area contributed by atoms with Gasteiger partial charge in [0.2, 0.25) is 0 Å². The molecule has 21 heavy (non-hydrogen) atoms. The third kappa shape index (κ3) is 3.95. The predicted molar refractivity (Wildman–Crippen MR) is 66.8 cm³/mol. The first-order valence-corrected chi connectivity index (χ1v) is 5.78. The summed E-state index contributed by atoms with van der Waals surface area (Å²) in [6, 6.07) is 5.12. The summed E-state index contributed by atoms with van der Waals surface area (Å²) >= 11 is 0. The summed E-state index contributed by atoms with van der Waals surface area (Å²) in [5, 5.41) is 2.08. The zero-order valence-corrected chi connectivity index (χ0v) is 10.5. The molecule has 1 N–H and O–H groups in total. The number of carbonyl (C=O) groups is 1. The summed E-state index contributed by atoms with van der Waals surface area (Å²) in [5.74, 6) is -4.45. The van der Waals surface area contributed by atoms with Crippen LogP contribution < -0.4 is 10.1 Å². The number of carbonyl (C=O) groups excluding carboxylic acids is 1. The maximum absolute atomic E-state index is 13.3. The fourth-order valence-corrected chi connectivity index (χ4v) is 1.52. The second-order valence-electron chi connectivity index (χ2n) is 4.04. The number of nitrogens with one attached hydrogen (secondary N) is 1. The van der Waals surface area contributed by atoms with E-state index in [1.54, 1.807) is 0 Å². The number of hydrogen-bond acceptors (Lipinski definition) is 2. The van der Waals surface area contributed by atoms with Crippen LogP contribution in [-0.2, 0) is 4.79 Å². The van der Waals surface area contributed by atoms with Crippen LogP contribution in [0.1, 0.15) is 0 Å². The van der Waals surface area contributed by atoms with Crippen LogP contribution in [0.2, 0.25) is 0 Å². The highest BCUT2D eigenvalue weighted by Crippen LogP contribution is 2.18. The van der Waals surface area contributed by atoms with Crippen molar-refractivity contribution in [3.63, 3.8) is 0 Å². The Bertz CT molecular complexity index is 676. The number of hydrogen-bond donors (Lipinski definition) is 1. The van der Waals surface area contributed by atoms with Crippen molar-refractivity contribution in [2.45, 2.75) is 0 Å². The summed E-state index contributed by atoms with van der Waals surface area (Å²) in [5.41, 5.74) is -0.358. The Morgan fingerprint density at radius 2 is 1.62 bits per heavy atom. The topological polar surface area (TPSA) is 38.3 Å². The van der Waals surface area contributed by atoms with Gasteiger partial charge in [-0.3, -0.25) is 4.79 Å². The van der Waals surface area contributed by atoms with Crippen LogP contribution in [0.15, 0.2) is 36.4 Å². The van der Waals surface area contributed by atoms with Gasteiger partial charge in [-0.25, -0.2) is 17.6 Å². The number of rotatable bonds is 4. The molecular formula is C14H9F4NO2. The normalized spacial score (nSPS) is 10.3. The van der Waals surface area contributed by atoms with Crippen LogP contribution in [0.4, 0.5) is 23.2 Å². The first kappa shape index (κ1) is 14.8. The summed E-state index contributed by atoms with van der Waals surface area (Å²) in [6.45, 7) is -0.640. The Morgan fingerprint density at radius 3 is 2.33 bits per heavy atom. The molecule has 110 valence electrons. The first-order valence-electron chi connectivity index (χ1n) is 5.78. The van der Waals surface area contributed by atoms with Crippen molar-refractivity contribution in [1.29, 1.82) is 0 Å². The van der Waals surface area contributed by atoms with Crippen LogP contribution in [0.5, 0.6) is 5.75 Å². The Balaban J connectivity index is 1.97. The summed E-state index contributed by atoms with van der Waals surface area (Å²) in [4.78, 5) is 11.5. The molecule has 2 rings (SSSR count). The molecule has 0 bridgehead atoms. The SMILES string of the molecule is O=C(COc1ccc(F)cc1F)Nc1cc(F)ccc1F. The number of amides is 1. The average molecular weight is 299 g/mol. The quantitative estimate of drug-likeness (QED) is 0.880. The third-order valence-electron chi connectivity index (χ3n) is 2.46. The van der Waals surface area contributed by atoms with Crippen molar-refractivity contribution in [3.05, 3.63) is 59.7 Å². The lowest BCUT2D eigenvalue weighted by molar-refractivity contribution is -0.118. The summed E-state index contributed by atoms with van der Waals surface area (Å²) in [6.07, 6.45) is 0. The van der Waals surface area contributed by atoms with Gasteiger partial charge in [0.05, 0.1) is 5.69 Å². The van der Waals surface area contributed by atoms with E-state index in [0.717, 1.165) is 30.3 Å². The maximum Gasteiger partial charge on any atom is 0.262 e. The van der Waals surface area contributed by atoms with Crippen LogP contribution >= 0.6 is 0 Å². The van der Waals surface area contributed by atoms with Gasteiger partial charge in [-0.2, -0.15) is 0 Å². The molecule has 3 nitrogen and oxygen atoms in total. The Hall–Kier alpha value is -2.57. The van der Waals surface area contributed by atoms with Crippen molar-refractivity contribution >= 4 is 11.6 Å². The molecule has 2 aromatic carbocycles. The van der Waals surface area contributed by atoms with E-state index < -0.39 is 35.8 Å². The minimum atomic E-state index is -0.972. The number of halogens is 4. The molecule has 0 heterocycles. The third-order valence-corrected chi connectivity index (χ3v) is 2.46. The lowest BCUT2D eigenvalue weighted by Crippen LogP contribution is -2.21. The lowest BCUT2D eigenvalue weighted by atomic mass is 10.3. The molecule has 0 aromatic heterocycles. The molecule has 0 aliphatic rings. The largest absolute Gasteiger partial charge is 0.481 e. The van der Waals surface area contributed by atoms with Gasteiger partial charge in [0.25, 0.3) is 5.91 Å². The molecule has 0 spiro atoms. The first-order chi connectivity index (χ1) is 9.95. The van der Waals surface area contributed by atoms with E-state index in [1.165, 1.54) is 0 Å². The Labute approximate surface area is 117 Å². The molecule has 0 saturated carbocycles. The molecule has 0 fully saturated rings. The van der Waals surface area contributed by atoms with E-state index in [-0.39, 0.29) is 11.4 Å². The lowest BCUT2D eigenvalue weighted by Gasteiger charge is -2.09. The standard InChI is InChI=1S/C14H9F4NO2/c15-8-2-4-13(11(18)5-8)21-7-14(20)19-12-6-9(16)1-3-10(12)17/h1-6H,7H2,(H,19,20). The molecule has 1 amide bonds. The van der Waals surface area contributed by atoms with Crippen molar-refractivity contribution in [2.24, 2.45) is 0 Å². The minimum absolute atomic E-state index is 0.328. The van der Waals surface area contributed by atoms with Crippen LogP contribution in [-0.4, -0.2) is 12.5 Å². The molecule has 0 saturated heterocycles. The predicted octanol–water partition coefficient (Wildman–Crippen LogP) is 3.26. The van der Waals surface area contributed by atoms with E-state index in [9.17, 15) is 22.4 Å². The van der Waals surface area contributed by atoms with Gasteiger partial charge in [0, 0.05) is 12.1 Å². The average Bonchev–Trinajstić information content (AvgIpc) is 2.42. The fourth-order valence-electron chi connectivity index (χ4n) is 1.52. The minimum Gasteiger partial charge on any atom is -0.481 e. The highest BCUT2D eigenvalue weighted by molar-refractivity contribution is 5.91. The highest BCUT2D eigenvalue weighted by Gasteiger charge is 2.11. The molecule has 0 aliphatic heterocycles. The maximum atomic E-state index is 13.3. The number of anilines is 1. The second kappa shape index (κ2) is 6.25. The van der Waals surface area contributed by atoms with Crippen LogP contribution in [0, 0.1) is 23.3 Å². The van der Waals surface area contributed by atoms with E-state index in [0.29, 0.717) is 6.07 Å². The van der Waals surface area contributed by atoms with Gasteiger partial charge in [0.1, 0.15) is 17.5 Å². The Morgan fingerprint density at radius 1 is 0.952 bits per heavy atom. The van der Waals surface area contributed by atoms with Gasteiger partial charge < -0.3 is 10.1 Å². The number of ether oxygens (including phenoxy) is 1. The van der Waals surface area contributed by atoms with Crippen molar-refractivity contribution < 1.29 is 27.1 Å². The van der Waals surface area contributed by atoms with Crippen molar-refractivity contribution in [3.8, 4) is 5.75 Å². The summed E-state index contributed by atoms with van der Waals surface area (Å²) in [7, 11) is 0. The number of benzene rings is 2. The van der Waals surface area contributed by atoms with E-state index >= 15 is 0 Å². The van der Waals surface area contributed by atoms with Crippen molar-refractivity contribution in [2.75, 3.05) is 11.9 Å². The van der Waals surface area contributed by atoms with E-state index in [1.807, 2.05) is 0 Å². The zero-order valence-electron chi connectivity index (χ0n) is 10.5. The molecular weight excluding hydrogens is 290 g/mol. The molecule has 2 aromatic rings. The fraction of sp³-hybridized carbons (Fsp3) is 0.0714. The van der Waals surface area contributed by atoms with Gasteiger partial charge in [-0.15, -0.1) is 0 Å². The molecule has 0 radical (unpaired) electrons. The Kier molecular flexibility index (Phi) is 4.42. The van der Waals surface area contributed by atoms with Crippen molar-refractivity contribution in [1.82, 2.24) is 0 Å². The van der Waals surface area contributed by atoms with E-state index in [4.69, 9.17) is 4.74 Å². The van der Waals surface area contributed by atoms with Gasteiger partial charge >= 0.3 is 0 Å². The van der Waals surface area contributed by atoms with Gasteiger partial charge in [-0.1, -0.05) is 0 Å². The summed E-state index contributed by atoms with van der Waals surface area (Å²) < 4.78 is 56.9. The second-order valence-corrected chi connectivity index (χ2v) is 4.04. The molecule has 0 unspecified atom stereocenters. The van der Waals surface area contributed by atoms with E-state index in [2.05, 4.69) is 5.32 Å². The van der Waals surface area contributed by atoms with Crippen LogP contribution in [0.3, 0.4) is 0 Å². The van der Waals surface area contributed by atoms with Gasteiger partial charge in [-0.05, 0) is 24.3 Å². The van der Waals surface area contributed by atoms with Gasteiger partial charge in [0.15, 0.2) is 18.2 Å². The monoisotopic (exact) mass is 299 g/mol. The smallest absolute Gasteiger partial charge is 0.262 e. The molecule has 0 aliphatic carbocycles. The highest BCUT2D eigenvalue weighted by atomic mass is 19.1. The molecule has 0 atom stereocenters. The molecule has 7 heteroatoms. The zero-order chi connectivity index (χ0) is 15.4. The van der Waals surface area contributed by atoms with Crippen LogP contribution in [0.25, 0.3) is 0 Å².